The van der Waals surface area contributed by atoms with Crippen molar-refractivity contribution in [3.63, 3.8) is 0 Å². The topological polar surface area (TPSA) is 55.7 Å². The third kappa shape index (κ3) is 2.66. The van der Waals surface area contributed by atoms with Gasteiger partial charge in [-0.3, -0.25) is 9.19 Å². The standard InChI is InChI=1S/C10H9N3OS/c14-15(10-12-5-2-6-13-10)8-9-3-1-4-11-7-9/h1-7H,8H2. The molecule has 1 atom stereocenters. The molecule has 0 fully saturated rings. The molecule has 2 rings (SSSR count). The maximum absolute atomic E-state index is 11.8. The highest BCUT2D eigenvalue weighted by molar-refractivity contribution is 7.84. The Kier molecular flexibility index (Phi) is 3.14. The Morgan fingerprint density at radius 2 is 1.93 bits per heavy atom. The second-order valence-electron chi connectivity index (χ2n) is 2.88. The van der Waals surface area contributed by atoms with Crippen LogP contribution in [0.2, 0.25) is 0 Å². The van der Waals surface area contributed by atoms with Crippen LogP contribution in [-0.2, 0) is 16.6 Å². The van der Waals surface area contributed by atoms with Crippen molar-refractivity contribution in [2.24, 2.45) is 0 Å². The third-order valence-electron chi connectivity index (χ3n) is 1.77. The van der Waals surface area contributed by atoms with Crippen LogP contribution in [0.3, 0.4) is 0 Å². The fraction of sp³-hybridized carbons (Fsp3) is 0.100. The highest BCUT2D eigenvalue weighted by Gasteiger charge is 2.06. The number of hydrogen-bond donors (Lipinski definition) is 0. The van der Waals surface area contributed by atoms with Crippen molar-refractivity contribution in [3.8, 4) is 0 Å². The molecule has 0 saturated heterocycles. The molecular weight excluding hydrogens is 210 g/mol. The van der Waals surface area contributed by atoms with Crippen LogP contribution < -0.4 is 0 Å². The zero-order valence-corrected chi connectivity index (χ0v) is 8.72. The lowest BCUT2D eigenvalue weighted by molar-refractivity contribution is 0.675. The summed E-state index contributed by atoms with van der Waals surface area (Å²) in [5.41, 5.74) is 0.920. The summed E-state index contributed by atoms with van der Waals surface area (Å²) in [6, 6.07) is 5.40. The molecule has 0 aliphatic rings. The molecule has 4 nitrogen and oxygen atoms in total. The van der Waals surface area contributed by atoms with Crippen molar-refractivity contribution in [3.05, 3.63) is 48.5 Å². The second-order valence-corrected chi connectivity index (χ2v) is 4.23. The van der Waals surface area contributed by atoms with Crippen molar-refractivity contribution in [2.45, 2.75) is 10.9 Å². The highest BCUT2D eigenvalue weighted by Crippen LogP contribution is 2.05. The maximum atomic E-state index is 11.8. The molecule has 5 heteroatoms. The van der Waals surface area contributed by atoms with Gasteiger partial charge in [0.15, 0.2) is 0 Å². The van der Waals surface area contributed by atoms with E-state index in [2.05, 4.69) is 15.0 Å². The van der Waals surface area contributed by atoms with E-state index >= 15 is 0 Å². The van der Waals surface area contributed by atoms with Gasteiger partial charge in [-0.15, -0.1) is 0 Å². The van der Waals surface area contributed by atoms with Crippen LogP contribution in [-0.4, -0.2) is 19.2 Å². The van der Waals surface area contributed by atoms with E-state index in [0.29, 0.717) is 10.9 Å². The summed E-state index contributed by atoms with van der Waals surface area (Å²) in [6.45, 7) is 0. The van der Waals surface area contributed by atoms with Gasteiger partial charge in [-0.05, 0) is 17.7 Å². The van der Waals surface area contributed by atoms with Gasteiger partial charge in [0, 0.05) is 24.8 Å². The number of pyridine rings is 1. The van der Waals surface area contributed by atoms with E-state index in [-0.39, 0.29) is 0 Å². The Morgan fingerprint density at radius 1 is 1.13 bits per heavy atom. The molecule has 0 spiro atoms. The minimum absolute atomic E-state index is 0.362. The average molecular weight is 219 g/mol. The lowest BCUT2D eigenvalue weighted by Crippen LogP contribution is -2.01. The van der Waals surface area contributed by atoms with E-state index in [1.54, 1.807) is 30.9 Å². The zero-order valence-electron chi connectivity index (χ0n) is 7.91. The monoisotopic (exact) mass is 219 g/mol. The molecule has 76 valence electrons. The van der Waals surface area contributed by atoms with E-state index in [1.807, 2.05) is 12.1 Å². The predicted molar refractivity (Wildman–Crippen MR) is 56.4 cm³/mol. The molecular formula is C10H9N3OS. The van der Waals surface area contributed by atoms with Gasteiger partial charge in [0.1, 0.15) is 0 Å². The first kappa shape index (κ1) is 9.92. The molecule has 0 aliphatic heterocycles. The number of hydrogen-bond acceptors (Lipinski definition) is 4. The van der Waals surface area contributed by atoms with Crippen molar-refractivity contribution in [2.75, 3.05) is 0 Å². The average Bonchev–Trinajstić information content (AvgIpc) is 2.31. The van der Waals surface area contributed by atoms with Gasteiger partial charge in [0.05, 0.1) is 16.6 Å². The van der Waals surface area contributed by atoms with Gasteiger partial charge in [-0.25, -0.2) is 9.97 Å². The molecule has 2 aromatic rings. The van der Waals surface area contributed by atoms with Gasteiger partial charge >= 0.3 is 0 Å². The Bertz CT molecular complexity index is 447. The summed E-state index contributed by atoms with van der Waals surface area (Å²) < 4.78 is 11.8. The fourth-order valence-electron chi connectivity index (χ4n) is 1.10. The summed E-state index contributed by atoms with van der Waals surface area (Å²) in [5.74, 6) is 0.401. The van der Waals surface area contributed by atoms with Crippen LogP contribution in [0, 0.1) is 0 Å². The molecule has 0 saturated carbocycles. The van der Waals surface area contributed by atoms with Gasteiger partial charge in [-0.1, -0.05) is 6.07 Å². The van der Waals surface area contributed by atoms with E-state index in [1.165, 1.54) is 0 Å². The van der Waals surface area contributed by atoms with E-state index in [9.17, 15) is 4.21 Å². The van der Waals surface area contributed by atoms with Crippen molar-refractivity contribution < 1.29 is 4.21 Å². The quantitative estimate of drug-likeness (QED) is 0.727. The summed E-state index contributed by atoms with van der Waals surface area (Å²) in [6.07, 6.45) is 6.55. The Hall–Kier alpha value is -1.62. The largest absolute Gasteiger partial charge is 0.264 e. The first-order valence-corrected chi connectivity index (χ1v) is 5.72. The summed E-state index contributed by atoms with van der Waals surface area (Å²) in [7, 11) is -1.20. The molecule has 0 aromatic carbocycles. The molecule has 2 aromatic heterocycles. The molecule has 0 radical (unpaired) electrons. The van der Waals surface area contributed by atoms with Crippen LogP contribution >= 0.6 is 0 Å². The lowest BCUT2D eigenvalue weighted by Gasteiger charge is -1.99. The van der Waals surface area contributed by atoms with Gasteiger partial charge < -0.3 is 0 Å². The lowest BCUT2D eigenvalue weighted by atomic mass is 10.3. The normalized spacial score (nSPS) is 12.3. The van der Waals surface area contributed by atoms with Gasteiger partial charge in [-0.2, -0.15) is 0 Å². The van der Waals surface area contributed by atoms with Crippen molar-refractivity contribution in [1.29, 1.82) is 0 Å². The van der Waals surface area contributed by atoms with E-state index in [0.717, 1.165) is 5.56 Å². The van der Waals surface area contributed by atoms with Crippen LogP contribution in [0.15, 0.2) is 48.1 Å². The van der Waals surface area contributed by atoms with E-state index < -0.39 is 10.8 Å². The van der Waals surface area contributed by atoms with Crippen LogP contribution in [0.4, 0.5) is 0 Å². The molecule has 15 heavy (non-hydrogen) atoms. The SMILES string of the molecule is O=S(Cc1cccnc1)c1ncccn1. The molecule has 1 unspecified atom stereocenters. The number of nitrogens with zero attached hydrogens (tertiary/aromatic N) is 3. The van der Waals surface area contributed by atoms with Crippen molar-refractivity contribution >= 4 is 10.8 Å². The molecule has 2 heterocycles. The smallest absolute Gasteiger partial charge is 0.218 e. The van der Waals surface area contributed by atoms with E-state index in [4.69, 9.17) is 0 Å². The van der Waals surface area contributed by atoms with Gasteiger partial charge in [0.25, 0.3) is 0 Å². The molecule has 0 amide bonds. The predicted octanol–water partition coefficient (Wildman–Crippen LogP) is 1.18. The highest BCUT2D eigenvalue weighted by atomic mass is 32.2. The second kappa shape index (κ2) is 4.75. The zero-order chi connectivity index (χ0) is 10.5. The first-order chi connectivity index (χ1) is 7.36. The van der Waals surface area contributed by atoms with Crippen LogP contribution in [0.25, 0.3) is 0 Å². The number of rotatable bonds is 3. The van der Waals surface area contributed by atoms with Crippen LogP contribution in [0.1, 0.15) is 5.56 Å². The molecule has 0 aliphatic carbocycles. The Balaban J connectivity index is 2.12. The molecule has 0 N–H and O–H groups in total. The fourth-order valence-corrected chi connectivity index (χ4v) is 2.06. The maximum Gasteiger partial charge on any atom is 0.218 e. The number of aromatic nitrogens is 3. The third-order valence-corrected chi connectivity index (χ3v) is 2.98. The Labute approximate surface area is 89.9 Å². The first-order valence-electron chi connectivity index (χ1n) is 4.40. The molecule has 0 bridgehead atoms. The van der Waals surface area contributed by atoms with Gasteiger partial charge in [0.2, 0.25) is 5.16 Å². The van der Waals surface area contributed by atoms with Crippen LogP contribution in [0.5, 0.6) is 0 Å². The Morgan fingerprint density at radius 3 is 2.60 bits per heavy atom. The summed E-state index contributed by atoms with van der Waals surface area (Å²) in [5, 5.41) is 0.362. The van der Waals surface area contributed by atoms with Crippen molar-refractivity contribution in [1.82, 2.24) is 15.0 Å². The minimum atomic E-state index is -1.20. The summed E-state index contributed by atoms with van der Waals surface area (Å²) in [4.78, 5) is 11.8. The minimum Gasteiger partial charge on any atom is -0.264 e. The summed E-state index contributed by atoms with van der Waals surface area (Å²) >= 11 is 0.